The Hall–Kier alpha value is -2.83. The summed E-state index contributed by atoms with van der Waals surface area (Å²) in [6.45, 7) is 3.59. The number of nitrogens with zero attached hydrogens (tertiary/aromatic N) is 1. The molecule has 2 aromatic carbocycles. The predicted octanol–water partition coefficient (Wildman–Crippen LogP) is 4.79. The fourth-order valence-electron chi connectivity index (χ4n) is 4.89. The van der Waals surface area contributed by atoms with Gasteiger partial charge in [0.15, 0.2) is 0 Å². The topological polar surface area (TPSA) is 80.0 Å². The predicted molar refractivity (Wildman–Crippen MR) is 131 cm³/mol. The number of carbonyl (C=O) groups excluding carboxylic acids is 1. The molecule has 5 nitrogen and oxygen atoms in total. The van der Waals surface area contributed by atoms with Gasteiger partial charge in [0.1, 0.15) is 5.82 Å². The van der Waals surface area contributed by atoms with E-state index in [0.29, 0.717) is 42.0 Å². The molecule has 0 unspecified atom stereocenters. The monoisotopic (exact) mass is 448 g/mol. The van der Waals surface area contributed by atoms with Gasteiger partial charge in [0, 0.05) is 42.2 Å². The van der Waals surface area contributed by atoms with Crippen LogP contribution in [0.2, 0.25) is 0 Å². The fraction of sp³-hybridized carbons (Fsp3) is 0.407. The number of fused-ring (bicyclic) bond motifs is 1. The van der Waals surface area contributed by atoms with Crippen LogP contribution >= 0.6 is 0 Å². The first-order valence-electron chi connectivity index (χ1n) is 12.0. The van der Waals surface area contributed by atoms with Gasteiger partial charge in [0.25, 0.3) is 5.91 Å². The average molecular weight is 449 g/mol. The molecule has 1 amide bonds. The molecule has 1 aromatic heterocycles. The van der Waals surface area contributed by atoms with E-state index in [2.05, 4.69) is 17.6 Å². The molecular weight excluding hydrogens is 415 g/mol. The summed E-state index contributed by atoms with van der Waals surface area (Å²) in [5, 5.41) is 7.09. The van der Waals surface area contributed by atoms with Gasteiger partial charge in [-0.3, -0.25) is 4.79 Å². The minimum Gasteiger partial charge on any atom is -0.349 e. The van der Waals surface area contributed by atoms with Crippen molar-refractivity contribution in [3.63, 3.8) is 0 Å². The van der Waals surface area contributed by atoms with Crippen molar-refractivity contribution in [1.29, 1.82) is 0 Å². The van der Waals surface area contributed by atoms with E-state index in [-0.39, 0.29) is 17.8 Å². The highest BCUT2D eigenvalue weighted by Crippen LogP contribution is 2.32. The Kier molecular flexibility index (Phi) is 7.68. The van der Waals surface area contributed by atoms with Crippen LogP contribution in [0.25, 0.3) is 22.2 Å². The number of rotatable bonds is 8. The Morgan fingerprint density at radius 3 is 2.64 bits per heavy atom. The van der Waals surface area contributed by atoms with Crippen LogP contribution in [-0.4, -0.2) is 30.0 Å². The summed E-state index contributed by atoms with van der Waals surface area (Å²) in [5.41, 5.74) is 9.20. The van der Waals surface area contributed by atoms with Crippen molar-refractivity contribution in [2.75, 3.05) is 13.1 Å². The molecule has 4 rings (SSSR count). The molecule has 0 saturated heterocycles. The van der Waals surface area contributed by atoms with Gasteiger partial charge in [-0.1, -0.05) is 49.6 Å². The van der Waals surface area contributed by atoms with Crippen LogP contribution in [0.4, 0.5) is 4.39 Å². The van der Waals surface area contributed by atoms with Crippen molar-refractivity contribution in [2.45, 2.75) is 51.6 Å². The van der Waals surface area contributed by atoms with Crippen molar-refractivity contribution < 1.29 is 9.18 Å². The summed E-state index contributed by atoms with van der Waals surface area (Å²) in [4.78, 5) is 18.6. The summed E-state index contributed by atoms with van der Waals surface area (Å²) in [6, 6.07) is 14.3. The number of carbonyl (C=O) groups is 1. The highest BCUT2D eigenvalue weighted by Gasteiger charge is 2.26. The molecule has 0 radical (unpaired) electrons. The Balaban J connectivity index is 1.82. The third-order valence-electron chi connectivity index (χ3n) is 6.66. The molecule has 4 N–H and O–H groups in total. The highest BCUT2D eigenvalue weighted by atomic mass is 19.1. The molecule has 1 aliphatic carbocycles. The van der Waals surface area contributed by atoms with Gasteiger partial charge in [0.2, 0.25) is 0 Å². The molecular formula is C27H33FN4O. The summed E-state index contributed by atoms with van der Waals surface area (Å²) >= 11 is 0. The fourth-order valence-corrected chi connectivity index (χ4v) is 4.89. The van der Waals surface area contributed by atoms with E-state index in [0.717, 1.165) is 29.7 Å². The van der Waals surface area contributed by atoms with Crippen LogP contribution in [0, 0.1) is 11.7 Å². The summed E-state index contributed by atoms with van der Waals surface area (Å²) in [5.74, 6) is -0.0836. The van der Waals surface area contributed by atoms with Crippen molar-refractivity contribution in [3.8, 4) is 11.3 Å². The number of hydrogen-bond donors (Lipinski definition) is 3. The van der Waals surface area contributed by atoms with Crippen molar-refractivity contribution in [1.82, 2.24) is 15.6 Å². The first-order chi connectivity index (χ1) is 16.1. The highest BCUT2D eigenvalue weighted by molar-refractivity contribution is 6.09. The Bertz CT molecular complexity index is 1100. The van der Waals surface area contributed by atoms with Gasteiger partial charge in [-0.2, -0.15) is 0 Å². The molecule has 3 aromatic rings. The van der Waals surface area contributed by atoms with Gasteiger partial charge in [-0.25, -0.2) is 9.37 Å². The van der Waals surface area contributed by atoms with E-state index in [1.165, 1.54) is 31.4 Å². The van der Waals surface area contributed by atoms with Gasteiger partial charge < -0.3 is 16.4 Å². The lowest BCUT2D eigenvalue weighted by Gasteiger charge is -2.29. The maximum absolute atomic E-state index is 14.3. The van der Waals surface area contributed by atoms with Gasteiger partial charge >= 0.3 is 0 Å². The van der Waals surface area contributed by atoms with Crippen LogP contribution in [0.15, 0.2) is 48.5 Å². The maximum Gasteiger partial charge on any atom is 0.252 e. The lowest BCUT2D eigenvalue weighted by Crippen LogP contribution is -2.39. The Labute approximate surface area is 195 Å². The number of hydrogen-bond acceptors (Lipinski definition) is 4. The van der Waals surface area contributed by atoms with Gasteiger partial charge in [-0.15, -0.1) is 0 Å². The first kappa shape index (κ1) is 23.3. The second-order valence-corrected chi connectivity index (χ2v) is 8.97. The minimum atomic E-state index is -0.382. The first-order valence-corrected chi connectivity index (χ1v) is 12.0. The number of pyridine rings is 1. The molecule has 174 valence electrons. The van der Waals surface area contributed by atoms with E-state index in [1.54, 1.807) is 6.07 Å². The van der Waals surface area contributed by atoms with Crippen molar-refractivity contribution in [2.24, 2.45) is 11.7 Å². The number of nitrogens with two attached hydrogens (primary N) is 1. The molecule has 1 saturated carbocycles. The van der Waals surface area contributed by atoms with Crippen LogP contribution in [0.5, 0.6) is 0 Å². The molecule has 33 heavy (non-hydrogen) atoms. The summed E-state index contributed by atoms with van der Waals surface area (Å²) in [6.07, 6.45) is 5.95. The number of amides is 1. The molecule has 0 aliphatic heterocycles. The van der Waals surface area contributed by atoms with Crippen LogP contribution in [-0.2, 0) is 6.54 Å². The van der Waals surface area contributed by atoms with E-state index < -0.39 is 0 Å². The maximum atomic E-state index is 14.3. The smallest absolute Gasteiger partial charge is 0.252 e. The third kappa shape index (κ3) is 5.40. The number of aromatic nitrogens is 1. The molecule has 1 heterocycles. The quantitative estimate of drug-likeness (QED) is 0.433. The summed E-state index contributed by atoms with van der Waals surface area (Å²) < 4.78 is 14.3. The van der Waals surface area contributed by atoms with Crippen LogP contribution in [0.3, 0.4) is 0 Å². The van der Waals surface area contributed by atoms with E-state index in [4.69, 9.17) is 10.7 Å². The number of halogens is 1. The van der Waals surface area contributed by atoms with E-state index in [9.17, 15) is 9.18 Å². The molecule has 1 aliphatic rings. The normalized spacial score (nSPS) is 15.5. The Morgan fingerprint density at radius 1 is 1.15 bits per heavy atom. The second kappa shape index (κ2) is 10.9. The van der Waals surface area contributed by atoms with Crippen molar-refractivity contribution in [3.05, 3.63) is 65.5 Å². The lowest BCUT2D eigenvalue weighted by molar-refractivity contribution is 0.0920. The second-order valence-electron chi connectivity index (χ2n) is 8.97. The van der Waals surface area contributed by atoms with Crippen LogP contribution in [0.1, 0.15) is 54.9 Å². The summed E-state index contributed by atoms with van der Waals surface area (Å²) in [7, 11) is 0. The minimum absolute atomic E-state index is 0.0552. The largest absolute Gasteiger partial charge is 0.349 e. The zero-order chi connectivity index (χ0) is 23.2. The SMILES string of the molecule is C[C@H](NC(=O)c1c(CNCCN)c(-c2ccccc2)nc2ccc(F)cc12)C1CCCCC1. The van der Waals surface area contributed by atoms with Gasteiger partial charge in [0.05, 0.1) is 16.8 Å². The molecule has 0 spiro atoms. The van der Waals surface area contributed by atoms with E-state index in [1.807, 2.05) is 30.3 Å². The molecule has 1 atom stereocenters. The standard InChI is InChI=1S/C27H33FN4O/c1-18(19-8-4-2-5-9-19)31-27(33)25-22-16-21(28)12-13-24(22)32-26(20-10-6-3-7-11-20)23(25)17-30-15-14-29/h3,6-7,10-13,16,18-19,30H,2,4-5,8-9,14-15,17,29H2,1H3,(H,31,33)/t18-/m0/s1. The molecule has 6 heteroatoms. The van der Waals surface area contributed by atoms with E-state index >= 15 is 0 Å². The zero-order valence-electron chi connectivity index (χ0n) is 19.2. The number of benzene rings is 2. The lowest BCUT2D eigenvalue weighted by atomic mass is 9.84. The molecule has 0 bridgehead atoms. The molecule has 1 fully saturated rings. The zero-order valence-corrected chi connectivity index (χ0v) is 19.2. The van der Waals surface area contributed by atoms with Gasteiger partial charge in [-0.05, 0) is 43.9 Å². The third-order valence-corrected chi connectivity index (χ3v) is 6.66. The van der Waals surface area contributed by atoms with Crippen LogP contribution < -0.4 is 16.4 Å². The Morgan fingerprint density at radius 2 is 1.91 bits per heavy atom. The number of nitrogens with one attached hydrogen (secondary N) is 2. The van der Waals surface area contributed by atoms with Crippen molar-refractivity contribution >= 4 is 16.8 Å². The average Bonchev–Trinajstić information content (AvgIpc) is 2.84.